The number of nitrogens with one attached hydrogen (secondary N) is 1. The summed E-state index contributed by atoms with van der Waals surface area (Å²) >= 11 is 0. The number of fused-ring (bicyclic) bond motifs is 2. The Bertz CT molecular complexity index is 761. The van der Waals surface area contributed by atoms with Gasteiger partial charge in [0.2, 0.25) is 0 Å². The fourth-order valence-electron chi connectivity index (χ4n) is 3.53. The van der Waals surface area contributed by atoms with Gasteiger partial charge < -0.3 is 10.1 Å². The van der Waals surface area contributed by atoms with Gasteiger partial charge in [-0.1, -0.05) is 0 Å². The van der Waals surface area contributed by atoms with E-state index in [0.717, 1.165) is 49.6 Å². The second kappa shape index (κ2) is 4.91. The van der Waals surface area contributed by atoms with Crippen molar-refractivity contribution in [3.05, 3.63) is 40.4 Å². The third-order valence-corrected chi connectivity index (χ3v) is 4.84. The van der Waals surface area contributed by atoms with E-state index in [9.17, 15) is 4.79 Å². The van der Waals surface area contributed by atoms with Gasteiger partial charge in [-0.3, -0.25) is 9.36 Å². The number of ether oxygens (including phenoxy) is 1. The van der Waals surface area contributed by atoms with Crippen LogP contribution in [-0.2, 0) is 12.0 Å². The minimum absolute atomic E-state index is 0.00456. The van der Waals surface area contributed by atoms with Crippen LogP contribution in [0.15, 0.2) is 29.1 Å². The molecule has 6 heteroatoms. The summed E-state index contributed by atoms with van der Waals surface area (Å²) < 4.78 is 6.95. The number of rotatable bonds is 2. The second-order valence-corrected chi connectivity index (χ2v) is 6.01. The highest BCUT2D eigenvalue weighted by molar-refractivity contribution is 5.58. The Morgan fingerprint density at radius 2 is 2.05 bits per heavy atom. The number of nitrogens with zero attached hydrogens (tertiary/aromatic N) is 3. The predicted octanol–water partition coefficient (Wildman–Crippen LogP) is 0.949. The van der Waals surface area contributed by atoms with Crippen LogP contribution in [0, 0.1) is 0 Å². The van der Waals surface area contributed by atoms with Crippen molar-refractivity contribution in [2.45, 2.75) is 24.8 Å². The standard InChI is InChI=1S/C16H18N4O2/c1-22-12-4-2-11(3-5-12)13-14(21)20-9-7-16(6-8-17-10-16)15(20)19-18-13/h2-5,17H,6-10H2,1H3. The molecule has 1 aromatic carbocycles. The van der Waals surface area contributed by atoms with Gasteiger partial charge in [-0.2, -0.15) is 0 Å². The summed E-state index contributed by atoms with van der Waals surface area (Å²) in [6.07, 6.45) is 2.00. The van der Waals surface area contributed by atoms with Crippen LogP contribution in [0.25, 0.3) is 11.3 Å². The first kappa shape index (κ1) is 13.5. The molecule has 4 rings (SSSR count). The monoisotopic (exact) mass is 298 g/mol. The van der Waals surface area contributed by atoms with Gasteiger partial charge in [0.05, 0.1) is 7.11 Å². The third kappa shape index (κ3) is 1.87. The van der Waals surface area contributed by atoms with Crippen LogP contribution in [0.4, 0.5) is 0 Å². The van der Waals surface area contributed by atoms with E-state index in [1.54, 1.807) is 11.7 Å². The highest BCUT2D eigenvalue weighted by Crippen LogP contribution is 2.37. The number of hydrogen-bond acceptors (Lipinski definition) is 5. The average molecular weight is 298 g/mol. The molecule has 0 aliphatic carbocycles. The summed E-state index contributed by atoms with van der Waals surface area (Å²) in [7, 11) is 1.62. The molecule has 6 nitrogen and oxygen atoms in total. The van der Waals surface area contributed by atoms with Crippen molar-refractivity contribution in [1.82, 2.24) is 20.1 Å². The first-order valence-corrected chi connectivity index (χ1v) is 7.57. The van der Waals surface area contributed by atoms with Crippen LogP contribution in [0.1, 0.15) is 18.7 Å². The van der Waals surface area contributed by atoms with Crippen molar-refractivity contribution < 1.29 is 4.74 Å². The molecule has 1 saturated heterocycles. The maximum atomic E-state index is 12.8. The highest BCUT2D eigenvalue weighted by atomic mass is 16.5. The molecule has 2 aliphatic heterocycles. The van der Waals surface area contributed by atoms with E-state index in [0.29, 0.717) is 5.69 Å². The summed E-state index contributed by atoms with van der Waals surface area (Å²) in [5.41, 5.74) is 1.15. The molecule has 1 N–H and O–H groups in total. The van der Waals surface area contributed by atoms with E-state index < -0.39 is 0 Å². The Kier molecular flexibility index (Phi) is 3.00. The Morgan fingerprint density at radius 3 is 2.73 bits per heavy atom. The SMILES string of the molecule is COc1ccc(-c2nnc3n(c2=O)CCC32CCNC2)cc1. The molecular weight excluding hydrogens is 280 g/mol. The minimum Gasteiger partial charge on any atom is -0.497 e. The molecular formula is C16H18N4O2. The topological polar surface area (TPSA) is 69.0 Å². The van der Waals surface area contributed by atoms with Gasteiger partial charge in [0.1, 0.15) is 11.6 Å². The molecule has 1 spiro atoms. The summed E-state index contributed by atoms with van der Waals surface area (Å²) in [5.74, 6) is 1.61. The zero-order valence-corrected chi connectivity index (χ0v) is 12.5. The van der Waals surface area contributed by atoms with E-state index in [1.807, 2.05) is 24.3 Å². The van der Waals surface area contributed by atoms with Gasteiger partial charge in [-0.05, 0) is 43.7 Å². The molecule has 22 heavy (non-hydrogen) atoms. The Morgan fingerprint density at radius 1 is 1.23 bits per heavy atom. The normalized spacial score (nSPS) is 23.0. The Balaban J connectivity index is 1.79. The maximum Gasteiger partial charge on any atom is 0.280 e. The van der Waals surface area contributed by atoms with Crippen LogP contribution in [-0.4, -0.2) is 35.0 Å². The lowest BCUT2D eigenvalue weighted by atomic mass is 9.85. The molecule has 114 valence electrons. The van der Waals surface area contributed by atoms with E-state index in [1.165, 1.54) is 0 Å². The van der Waals surface area contributed by atoms with Gasteiger partial charge >= 0.3 is 0 Å². The predicted molar refractivity (Wildman–Crippen MR) is 82.1 cm³/mol. The van der Waals surface area contributed by atoms with Crippen molar-refractivity contribution in [1.29, 1.82) is 0 Å². The fourth-order valence-corrected chi connectivity index (χ4v) is 3.53. The summed E-state index contributed by atoms with van der Waals surface area (Å²) in [6, 6.07) is 7.35. The van der Waals surface area contributed by atoms with Crippen molar-refractivity contribution >= 4 is 0 Å². The number of aromatic nitrogens is 3. The van der Waals surface area contributed by atoms with Crippen LogP contribution in [0.3, 0.4) is 0 Å². The first-order valence-electron chi connectivity index (χ1n) is 7.57. The molecule has 2 aliphatic rings. The Hall–Kier alpha value is -2.21. The third-order valence-electron chi connectivity index (χ3n) is 4.84. The molecule has 0 radical (unpaired) electrons. The molecule has 0 bridgehead atoms. The summed E-state index contributed by atoms with van der Waals surface area (Å²) in [6.45, 7) is 2.60. The molecule has 0 saturated carbocycles. The van der Waals surface area contributed by atoms with Crippen LogP contribution < -0.4 is 15.6 Å². The molecule has 1 unspecified atom stereocenters. The van der Waals surface area contributed by atoms with Gasteiger partial charge in [0.25, 0.3) is 5.56 Å². The van der Waals surface area contributed by atoms with Gasteiger partial charge in [-0.25, -0.2) is 0 Å². The molecule has 0 amide bonds. The van der Waals surface area contributed by atoms with Crippen LogP contribution in [0.5, 0.6) is 5.75 Å². The quantitative estimate of drug-likeness (QED) is 0.894. The highest BCUT2D eigenvalue weighted by Gasteiger charge is 2.44. The molecule has 3 heterocycles. The molecule has 2 aromatic rings. The van der Waals surface area contributed by atoms with Gasteiger partial charge in [0, 0.05) is 24.1 Å². The number of methoxy groups -OCH3 is 1. The number of hydrogen-bond donors (Lipinski definition) is 1. The Labute approximate surface area is 128 Å². The van der Waals surface area contributed by atoms with E-state index in [4.69, 9.17) is 4.74 Å². The smallest absolute Gasteiger partial charge is 0.280 e. The fraction of sp³-hybridized carbons (Fsp3) is 0.438. The maximum absolute atomic E-state index is 12.8. The van der Waals surface area contributed by atoms with E-state index >= 15 is 0 Å². The van der Waals surface area contributed by atoms with E-state index in [-0.39, 0.29) is 11.0 Å². The van der Waals surface area contributed by atoms with Crippen LogP contribution in [0.2, 0.25) is 0 Å². The molecule has 1 atom stereocenters. The van der Waals surface area contributed by atoms with Crippen molar-refractivity contribution in [2.24, 2.45) is 0 Å². The first-order chi connectivity index (χ1) is 10.7. The number of benzene rings is 1. The lowest BCUT2D eigenvalue weighted by Gasteiger charge is -2.19. The average Bonchev–Trinajstić information content (AvgIpc) is 3.17. The van der Waals surface area contributed by atoms with Crippen LogP contribution >= 0.6 is 0 Å². The van der Waals surface area contributed by atoms with E-state index in [2.05, 4.69) is 15.5 Å². The zero-order chi connectivity index (χ0) is 15.2. The lowest BCUT2D eigenvalue weighted by Crippen LogP contribution is -2.31. The van der Waals surface area contributed by atoms with Gasteiger partial charge in [0.15, 0.2) is 5.69 Å². The van der Waals surface area contributed by atoms with Crippen molar-refractivity contribution in [2.75, 3.05) is 20.2 Å². The zero-order valence-electron chi connectivity index (χ0n) is 12.5. The molecule has 1 aromatic heterocycles. The minimum atomic E-state index is -0.0426. The van der Waals surface area contributed by atoms with Crippen molar-refractivity contribution in [3.8, 4) is 17.0 Å². The second-order valence-electron chi connectivity index (χ2n) is 6.01. The largest absolute Gasteiger partial charge is 0.497 e. The molecule has 1 fully saturated rings. The van der Waals surface area contributed by atoms with Gasteiger partial charge in [-0.15, -0.1) is 10.2 Å². The summed E-state index contributed by atoms with van der Waals surface area (Å²) in [5, 5.41) is 12.0. The van der Waals surface area contributed by atoms with Crippen molar-refractivity contribution in [3.63, 3.8) is 0 Å². The lowest BCUT2D eigenvalue weighted by molar-refractivity contribution is 0.415. The summed E-state index contributed by atoms with van der Waals surface area (Å²) in [4.78, 5) is 12.8.